The summed E-state index contributed by atoms with van der Waals surface area (Å²) in [7, 11) is 1.34. The van der Waals surface area contributed by atoms with Gasteiger partial charge in [-0.2, -0.15) is 8.78 Å². The van der Waals surface area contributed by atoms with Gasteiger partial charge in [-0.15, -0.1) is 0 Å². The molecule has 0 bridgehead atoms. The van der Waals surface area contributed by atoms with Crippen molar-refractivity contribution < 1.29 is 32.6 Å². The predicted octanol–water partition coefficient (Wildman–Crippen LogP) is 2.14. The maximum atomic E-state index is 12.3. The van der Waals surface area contributed by atoms with Crippen molar-refractivity contribution in [2.45, 2.75) is 13.0 Å². The summed E-state index contributed by atoms with van der Waals surface area (Å²) in [5.74, 6) is -0.959. The van der Waals surface area contributed by atoms with E-state index in [9.17, 15) is 18.4 Å². The second-order valence-electron chi connectivity index (χ2n) is 5.12. The van der Waals surface area contributed by atoms with Gasteiger partial charge in [-0.1, -0.05) is 6.07 Å². The van der Waals surface area contributed by atoms with E-state index < -0.39 is 25.1 Å². The van der Waals surface area contributed by atoms with Gasteiger partial charge in [0.1, 0.15) is 5.69 Å². The number of benzene rings is 1. The van der Waals surface area contributed by atoms with Gasteiger partial charge < -0.3 is 24.5 Å². The summed E-state index contributed by atoms with van der Waals surface area (Å²) in [5, 5.41) is 2.60. The van der Waals surface area contributed by atoms with E-state index in [1.807, 2.05) is 0 Å². The number of carbonyl (C=O) groups excluding carboxylic acids is 2. The summed E-state index contributed by atoms with van der Waals surface area (Å²) in [6.45, 7) is -3.07. The van der Waals surface area contributed by atoms with Crippen molar-refractivity contribution in [1.29, 1.82) is 0 Å². The van der Waals surface area contributed by atoms with Crippen molar-refractivity contribution in [3.63, 3.8) is 0 Å². The molecule has 0 atom stereocenters. The molecule has 140 valence electrons. The van der Waals surface area contributed by atoms with Crippen molar-refractivity contribution in [2.24, 2.45) is 0 Å². The van der Waals surface area contributed by atoms with Crippen LogP contribution in [0.1, 0.15) is 16.1 Å². The Morgan fingerprint density at radius 3 is 2.69 bits per heavy atom. The lowest BCUT2D eigenvalue weighted by Crippen LogP contribution is -2.30. The third-order valence-electron chi connectivity index (χ3n) is 3.33. The van der Waals surface area contributed by atoms with E-state index in [2.05, 4.69) is 15.0 Å². The quantitative estimate of drug-likeness (QED) is 0.662. The first kappa shape index (κ1) is 19.2. The molecule has 0 spiro atoms. The molecule has 0 radical (unpaired) electrons. The Bertz CT molecular complexity index is 735. The molecule has 0 fully saturated rings. The Hall–Kier alpha value is -3.10. The number of nitrogens with one attached hydrogen (secondary N) is 2. The van der Waals surface area contributed by atoms with Crippen LogP contribution in [-0.4, -0.2) is 43.7 Å². The Kier molecular flexibility index (Phi) is 6.95. The van der Waals surface area contributed by atoms with Crippen LogP contribution in [0.5, 0.6) is 11.5 Å². The molecular formula is C17H18F2N2O5. The van der Waals surface area contributed by atoms with E-state index in [1.165, 1.54) is 19.2 Å². The molecule has 0 aliphatic carbocycles. The van der Waals surface area contributed by atoms with Crippen LogP contribution in [0.25, 0.3) is 0 Å². The minimum atomic E-state index is -2.94. The standard InChI is InChI=1S/C17H18F2N2O5/c1-24-14-9-11(4-5-13(14)26-17(18)19)6-8-21-15(22)10-25-16(23)12-3-2-7-20-12/h2-5,7,9,17,20H,6,8,10H2,1H3,(H,21,22). The van der Waals surface area contributed by atoms with E-state index in [0.29, 0.717) is 6.42 Å². The Labute approximate surface area is 148 Å². The second-order valence-corrected chi connectivity index (χ2v) is 5.12. The van der Waals surface area contributed by atoms with E-state index in [1.54, 1.807) is 24.4 Å². The van der Waals surface area contributed by atoms with Gasteiger partial charge in [-0.25, -0.2) is 4.79 Å². The summed E-state index contributed by atoms with van der Waals surface area (Å²) < 4.78 is 38.8. The van der Waals surface area contributed by atoms with E-state index in [4.69, 9.17) is 9.47 Å². The molecule has 1 amide bonds. The van der Waals surface area contributed by atoms with Gasteiger partial charge in [0.05, 0.1) is 7.11 Å². The zero-order chi connectivity index (χ0) is 18.9. The molecule has 0 saturated heterocycles. The zero-order valence-electron chi connectivity index (χ0n) is 14.0. The van der Waals surface area contributed by atoms with Crippen LogP contribution < -0.4 is 14.8 Å². The fourth-order valence-corrected chi connectivity index (χ4v) is 2.12. The lowest BCUT2D eigenvalue weighted by Gasteiger charge is -2.11. The number of esters is 1. The predicted molar refractivity (Wildman–Crippen MR) is 87.4 cm³/mol. The second kappa shape index (κ2) is 9.40. The highest BCUT2D eigenvalue weighted by molar-refractivity contribution is 5.89. The number of halogens is 2. The molecule has 1 aromatic heterocycles. The number of carbonyl (C=O) groups is 2. The molecule has 2 rings (SSSR count). The molecule has 7 nitrogen and oxygen atoms in total. The fourth-order valence-electron chi connectivity index (χ4n) is 2.12. The van der Waals surface area contributed by atoms with Gasteiger partial charge >= 0.3 is 12.6 Å². The highest BCUT2D eigenvalue weighted by Gasteiger charge is 2.12. The topological polar surface area (TPSA) is 89.6 Å². The third kappa shape index (κ3) is 5.76. The summed E-state index contributed by atoms with van der Waals surface area (Å²) in [6.07, 6.45) is 2.00. The monoisotopic (exact) mass is 368 g/mol. The highest BCUT2D eigenvalue weighted by Crippen LogP contribution is 2.29. The van der Waals surface area contributed by atoms with Gasteiger partial charge in [0, 0.05) is 12.7 Å². The van der Waals surface area contributed by atoms with Gasteiger partial charge in [-0.05, 0) is 36.2 Å². The first-order valence-electron chi connectivity index (χ1n) is 7.68. The van der Waals surface area contributed by atoms with Gasteiger partial charge in [0.25, 0.3) is 5.91 Å². The van der Waals surface area contributed by atoms with E-state index in [0.717, 1.165) is 5.56 Å². The molecule has 9 heteroatoms. The lowest BCUT2D eigenvalue weighted by molar-refractivity contribution is -0.124. The minimum Gasteiger partial charge on any atom is -0.493 e. The highest BCUT2D eigenvalue weighted by atomic mass is 19.3. The molecule has 0 unspecified atom stereocenters. The minimum absolute atomic E-state index is 0.0634. The normalized spacial score (nSPS) is 10.5. The van der Waals surface area contributed by atoms with Crippen LogP contribution >= 0.6 is 0 Å². The molecule has 2 aromatic rings. The first-order chi connectivity index (χ1) is 12.5. The average molecular weight is 368 g/mol. The number of ether oxygens (including phenoxy) is 3. The van der Waals surface area contributed by atoms with Crippen LogP contribution in [0.3, 0.4) is 0 Å². The van der Waals surface area contributed by atoms with E-state index in [-0.39, 0.29) is 23.7 Å². The van der Waals surface area contributed by atoms with Crippen molar-refractivity contribution in [3.8, 4) is 11.5 Å². The van der Waals surface area contributed by atoms with Crippen LogP contribution in [0.4, 0.5) is 8.78 Å². The number of aromatic nitrogens is 1. The molecule has 1 aromatic carbocycles. The molecule has 26 heavy (non-hydrogen) atoms. The summed E-state index contributed by atoms with van der Waals surface area (Å²) >= 11 is 0. The Balaban J connectivity index is 1.76. The van der Waals surface area contributed by atoms with Gasteiger partial charge in [-0.3, -0.25) is 4.79 Å². The number of H-pyrrole nitrogens is 1. The molecule has 0 aliphatic rings. The Morgan fingerprint density at radius 1 is 1.23 bits per heavy atom. The average Bonchev–Trinajstić information content (AvgIpc) is 3.15. The van der Waals surface area contributed by atoms with Crippen molar-refractivity contribution in [1.82, 2.24) is 10.3 Å². The van der Waals surface area contributed by atoms with E-state index >= 15 is 0 Å². The Morgan fingerprint density at radius 2 is 2.04 bits per heavy atom. The maximum Gasteiger partial charge on any atom is 0.387 e. The van der Waals surface area contributed by atoms with Gasteiger partial charge in [0.15, 0.2) is 18.1 Å². The van der Waals surface area contributed by atoms with Crippen molar-refractivity contribution in [3.05, 3.63) is 47.8 Å². The summed E-state index contributed by atoms with van der Waals surface area (Å²) in [5.41, 5.74) is 1.02. The molecule has 0 aliphatic heterocycles. The molecular weight excluding hydrogens is 350 g/mol. The summed E-state index contributed by atoms with van der Waals surface area (Å²) in [6, 6.07) is 7.70. The number of hydrogen-bond donors (Lipinski definition) is 2. The van der Waals surface area contributed by atoms with Crippen molar-refractivity contribution in [2.75, 3.05) is 20.3 Å². The van der Waals surface area contributed by atoms with Crippen LogP contribution in [0, 0.1) is 0 Å². The number of methoxy groups -OCH3 is 1. The number of amides is 1. The van der Waals surface area contributed by atoms with Crippen LogP contribution in [0.2, 0.25) is 0 Å². The largest absolute Gasteiger partial charge is 0.493 e. The fraction of sp³-hybridized carbons (Fsp3) is 0.294. The zero-order valence-corrected chi connectivity index (χ0v) is 14.0. The molecule has 1 heterocycles. The first-order valence-corrected chi connectivity index (χ1v) is 7.68. The lowest BCUT2D eigenvalue weighted by atomic mass is 10.1. The third-order valence-corrected chi connectivity index (χ3v) is 3.33. The van der Waals surface area contributed by atoms with Crippen LogP contribution in [0.15, 0.2) is 36.5 Å². The van der Waals surface area contributed by atoms with Crippen LogP contribution in [-0.2, 0) is 16.0 Å². The number of aromatic amines is 1. The SMILES string of the molecule is COc1cc(CCNC(=O)COC(=O)c2ccc[nH]2)ccc1OC(F)F. The smallest absolute Gasteiger partial charge is 0.387 e. The summed E-state index contributed by atoms with van der Waals surface area (Å²) in [4.78, 5) is 25.9. The van der Waals surface area contributed by atoms with Crippen molar-refractivity contribution >= 4 is 11.9 Å². The molecule has 2 N–H and O–H groups in total. The number of hydrogen-bond acceptors (Lipinski definition) is 5. The molecule has 0 saturated carbocycles. The number of alkyl halides is 2. The number of rotatable bonds is 9. The maximum absolute atomic E-state index is 12.3. The van der Waals surface area contributed by atoms with Gasteiger partial charge in [0.2, 0.25) is 0 Å².